The minimum atomic E-state index is -0.0189. The zero-order valence-corrected chi connectivity index (χ0v) is 10.1. The summed E-state index contributed by atoms with van der Waals surface area (Å²) in [5.41, 5.74) is 1.62. The van der Waals surface area contributed by atoms with Gasteiger partial charge in [0.25, 0.3) is 5.56 Å². The highest BCUT2D eigenvalue weighted by molar-refractivity contribution is 5.97. The zero-order chi connectivity index (χ0) is 12.3. The molecule has 0 radical (unpaired) electrons. The van der Waals surface area contributed by atoms with E-state index in [0.717, 1.165) is 30.5 Å². The summed E-state index contributed by atoms with van der Waals surface area (Å²) in [6.45, 7) is 1.26. The molecule has 0 aliphatic heterocycles. The molecular weight excluding hydrogens is 218 g/mol. The molecule has 1 heterocycles. The van der Waals surface area contributed by atoms with Gasteiger partial charge in [-0.1, -0.05) is 0 Å². The predicted molar refractivity (Wildman–Crippen MR) is 64.5 cm³/mol. The number of ether oxygens (including phenoxy) is 1. The van der Waals surface area contributed by atoms with Crippen LogP contribution in [0.15, 0.2) is 16.9 Å². The smallest absolute Gasteiger partial charge is 0.250 e. The van der Waals surface area contributed by atoms with Crippen LogP contribution in [0.2, 0.25) is 0 Å². The fourth-order valence-electron chi connectivity index (χ4n) is 2.31. The van der Waals surface area contributed by atoms with Gasteiger partial charge in [0.1, 0.15) is 0 Å². The van der Waals surface area contributed by atoms with Gasteiger partial charge in [-0.15, -0.1) is 0 Å². The molecule has 1 aromatic rings. The standard InChI is InChI=1S/C13H17NO3/c1-17-9-3-8-14-11-4-2-5-12(15)10(11)6-7-13(14)16/h6-7H,2-5,8-9H2,1H3. The maximum atomic E-state index is 11.8. The molecule has 0 amide bonds. The van der Waals surface area contributed by atoms with Crippen molar-refractivity contribution < 1.29 is 9.53 Å². The Hall–Kier alpha value is -1.42. The Balaban J connectivity index is 2.33. The SMILES string of the molecule is COCCCn1c2c(ccc1=O)C(=O)CCC2. The number of ketones is 1. The number of fused-ring (bicyclic) bond motifs is 1. The van der Waals surface area contributed by atoms with Crippen molar-refractivity contribution in [1.29, 1.82) is 0 Å². The number of hydrogen-bond donors (Lipinski definition) is 0. The maximum Gasteiger partial charge on any atom is 0.250 e. The van der Waals surface area contributed by atoms with Crippen molar-refractivity contribution in [2.45, 2.75) is 32.2 Å². The van der Waals surface area contributed by atoms with E-state index >= 15 is 0 Å². The summed E-state index contributed by atoms with van der Waals surface area (Å²) in [6.07, 6.45) is 3.06. The van der Waals surface area contributed by atoms with Crippen LogP contribution in [0.1, 0.15) is 35.3 Å². The van der Waals surface area contributed by atoms with Crippen molar-refractivity contribution in [2.24, 2.45) is 0 Å². The molecule has 4 nitrogen and oxygen atoms in total. The molecular formula is C13H17NO3. The van der Waals surface area contributed by atoms with Crippen LogP contribution in [-0.2, 0) is 17.7 Å². The van der Waals surface area contributed by atoms with E-state index in [0.29, 0.717) is 19.6 Å². The van der Waals surface area contributed by atoms with Gasteiger partial charge >= 0.3 is 0 Å². The van der Waals surface area contributed by atoms with Crippen LogP contribution in [0.4, 0.5) is 0 Å². The topological polar surface area (TPSA) is 48.3 Å². The van der Waals surface area contributed by atoms with Gasteiger partial charge in [0.15, 0.2) is 5.78 Å². The van der Waals surface area contributed by atoms with E-state index in [1.807, 2.05) is 0 Å². The first-order chi connectivity index (χ1) is 8.24. The van der Waals surface area contributed by atoms with Crippen LogP contribution in [0.3, 0.4) is 0 Å². The third-order valence-electron chi connectivity index (χ3n) is 3.14. The third kappa shape index (κ3) is 2.47. The third-order valence-corrected chi connectivity index (χ3v) is 3.14. The van der Waals surface area contributed by atoms with Gasteiger partial charge in [-0.3, -0.25) is 9.59 Å². The highest BCUT2D eigenvalue weighted by Crippen LogP contribution is 2.19. The molecule has 1 aliphatic rings. The largest absolute Gasteiger partial charge is 0.385 e. The quantitative estimate of drug-likeness (QED) is 0.741. The number of rotatable bonds is 4. The van der Waals surface area contributed by atoms with Crippen molar-refractivity contribution in [3.05, 3.63) is 33.7 Å². The lowest BCUT2D eigenvalue weighted by Crippen LogP contribution is -2.28. The first kappa shape index (κ1) is 12.0. The van der Waals surface area contributed by atoms with E-state index in [9.17, 15) is 9.59 Å². The van der Waals surface area contributed by atoms with Crippen LogP contribution in [0.5, 0.6) is 0 Å². The zero-order valence-electron chi connectivity index (χ0n) is 10.1. The van der Waals surface area contributed by atoms with Crippen LogP contribution in [0, 0.1) is 0 Å². The first-order valence-corrected chi connectivity index (χ1v) is 5.99. The van der Waals surface area contributed by atoms with Gasteiger partial charge in [0, 0.05) is 44.0 Å². The minimum Gasteiger partial charge on any atom is -0.385 e. The summed E-state index contributed by atoms with van der Waals surface area (Å²) < 4.78 is 6.71. The molecule has 0 unspecified atom stereocenters. The number of Topliss-reactive ketones (excluding diaryl/α,β-unsaturated/α-hetero) is 1. The maximum absolute atomic E-state index is 11.8. The Morgan fingerprint density at radius 2 is 2.12 bits per heavy atom. The molecule has 0 fully saturated rings. The van der Waals surface area contributed by atoms with E-state index in [2.05, 4.69) is 0 Å². The van der Waals surface area contributed by atoms with E-state index in [1.165, 1.54) is 6.07 Å². The van der Waals surface area contributed by atoms with Gasteiger partial charge in [-0.05, 0) is 25.3 Å². The molecule has 0 aromatic carbocycles. The summed E-state index contributed by atoms with van der Waals surface area (Å²) in [7, 11) is 1.65. The lowest BCUT2D eigenvalue weighted by molar-refractivity contribution is 0.0970. The summed E-state index contributed by atoms with van der Waals surface area (Å²) in [4.78, 5) is 23.5. The van der Waals surface area contributed by atoms with Crippen LogP contribution < -0.4 is 5.56 Å². The van der Waals surface area contributed by atoms with E-state index < -0.39 is 0 Å². The lowest BCUT2D eigenvalue weighted by atomic mass is 9.94. The molecule has 0 atom stereocenters. The molecule has 0 saturated carbocycles. The second kappa shape index (κ2) is 5.27. The van der Waals surface area contributed by atoms with Crippen LogP contribution in [0.25, 0.3) is 0 Å². The minimum absolute atomic E-state index is 0.0189. The molecule has 2 rings (SSSR count). The molecule has 0 spiro atoms. The number of carbonyl (C=O) groups excluding carboxylic acids is 1. The van der Waals surface area contributed by atoms with Crippen molar-refractivity contribution in [2.75, 3.05) is 13.7 Å². The van der Waals surface area contributed by atoms with Gasteiger partial charge in [0.05, 0.1) is 0 Å². The molecule has 4 heteroatoms. The Kier molecular flexibility index (Phi) is 3.74. The molecule has 1 aliphatic carbocycles. The summed E-state index contributed by atoms with van der Waals surface area (Å²) in [5.74, 6) is 0.159. The van der Waals surface area contributed by atoms with Crippen molar-refractivity contribution in [1.82, 2.24) is 4.57 Å². The number of nitrogens with zero attached hydrogens (tertiary/aromatic N) is 1. The van der Waals surface area contributed by atoms with Gasteiger partial charge in [-0.25, -0.2) is 0 Å². The molecule has 0 bridgehead atoms. The Labute approximate surface area is 100 Å². The highest BCUT2D eigenvalue weighted by Gasteiger charge is 2.20. The van der Waals surface area contributed by atoms with Gasteiger partial charge < -0.3 is 9.30 Å². The molecule has 0 N–H and O–H groups in total. The summed E-state index contributed by atoms with van der Waals surface area (Å²) in [6, 6.07) is 3.17. The number of hydrogen-bond acceptors (Lipinski definition) is 3. The monoisotopic (exact) mass is 235 g/mol. The fourth-order valence-corrected chi connectivity index (χ4v) is 2.31. The average molecular weight is 235 g/mol. The molecule has 0 saturated heterocycles. The van der Waals surface area contributed by atoms with Crippen molar-refractivity contribution in [3.8, 4) is 0 Å². The van der Waals surface area contributed by atoms with Crippen LogP contribution >= 0.6 is 0 Å². The van der Waals surface area contributed by atoms with Crippen LogP contribution in [-0.4, -0.2) is 24.1 Å². The number of pyridine rings is 1. The van der Waals surface area contributed by atoms with Gasteiger partial charge in [0.2, 0.25) is 0 Å². The number of methoxy groups -OCH3 is 1. The van der Waals surface area contributed by atoms with E-state index in [1.54, 1.807) is 17.7 Å². The van der Waals surface area contributed by atoms with E-state index in [4.69, 9.17) is 4.74 Å². The average Bonchev–Trinajstić information content (AvgIpc) is 2.32. The normalized spacial score (nSPS) is 14.8. The number of aromatic nitrogens is 1. The van der Waals surface area contributed by atoms with E-state index in [-0.39, 0.29) is 11.3 Å². The molecule has 17 heavy (non-hydrogen) atoms. The molecule has 92 valence electrons. The molecule has 1 aromatic heterocycles. The second-order valence-electron chi connectivity index (χ2n) is 4.31. The summed E-state index contributed by atoms with van der Waals surface area (Å²) >= 11 is 0. The number of carbonyl (C=O) groups is 1. The fraction of sp³-hybridized carbons (Fsp3) is 0.538. The Morgan fingerprint density at radius 1 is 1.29 bits per heavy atom. The Morgan fingerprint density at radius 3 is 2.88 bits per heavy atom. The second-order valence-corrected chi connectivity index (χ2v) is 4.31. The first-order valence-electron chi connectivity index (χ1n) is 5.99. The van der Waals surface area contributed by atoms with Gasteiger partial charge in [-0.2, -0.15) is 0 Å². The van der Waals surface area contributed by atoms with Crippen molar-refractivity contribution in [3.63, 3.8) is 0 Å². The Bertz CT molecular complexity index is 476. The van der Waals surface area contributed by atoms with Crippen molar-refractivity contribution >= 4 is 5.78 Å². The highest BCUT2D eigenvalue weighted by atomic mass is 16.5. The summed E-state index contributed by atoms with van der Waals surface area (Å²) in [5, 5.41) is 0. The lowest BCUT2D eigenvalue weighted by Gasteiger charge is -2.19. The predicted octanol–water partition coefficient (Wildman–Crippen LogP) is 1.40.